The van der Waals surface area contributed by atoms with Crippen molar-refractivity contribution < 1.29 is 19.7 Å². The number of hydrogen-bond donors (Lipinski definition) is 2. The average molecular weight is 310 g/mol. The highest BCUT2D eigenvalue weighted by Gasteiger charge is 2.64. The minimum Gasteiger partial charge on any atom is -0.392 e. The summed E-state index contributed by atoms with van der Waals surface area (Å²) in [5, 5.41) is 20.4. The van der Waals surface area contributed by atoms with Crippen molar-refractivity contribution in [3.63, 3.8) is 0 Å². The van der Waals surface area contributed by atoms with Crippen LogP contribution < -0.4 is 0 Å². The molecule has 3 aliphatic rings. The van der Waals surface area contributed by atoms with E-state index in [1.807, 2.05) is 12.2 Å². The lowest BCUT2D eigenvalue weighted by atomic mass is 9.67. The third kappa shape index (κ3) is 3.12. The Bertz CT molecular complexity index is 389. The van der Waals surface area contributed by atoms with Gasteiger partial charge >= 0.3 is 0 Å². The lowest BCUT2D eigenvalue weighted by Gasteiger charge is -2.49. The van der Waals surface area contributed by atoms with Crippen LogP contribution in [0.4, 0.5) is 0 Å². The number of ether oxygens (including phenoxy) is 2. The van der Waals surface area contributed by atoms with Crippen molar-refractivity contribution in [1.29, 1.82) is 0 Å². The van der Waals surface area contributed by atoms with Crippen molar-refractivity contribution >= 4 is 0 Å². The normalized spacial score (nSPS) is 37.6. The summed E-state index contributed by atoms with van der Waals surface area (Å²) in [5.74, 6) is 0.513. The van der Waals surface area contributed by atoms with E-state index in [1.54, 1.807) is 0 Å². The molecular weight excluding hydrogens is 280 g/mol. The quantitative estimate of drug-likeness (QED) is 0.560. The zero-order chi connectivity index (χ0) is 15.6. The van der Waals surface area contributed by atoms with Crippen LogP contribution in [0.15, 0.2) is 12.2 Å². The summed E-state index contributed by atoms with van der Waals surface area (Å²) in [6.45, 7) is 3.55. The fraction of sp³-hybridized carbons (Fsp3) is 0.889. The van der Waals surface area contributed by atoms with Crippen molar-refractivity contribution in [2.24, 2.45) is 17.8 Å². The molecule has 2 N–H and O–H groups in total. The van der Waals surface area contributed by atoms with Crippen LogP contribution in [0.1, 0.15) is 51.9 Å². The molecule has 0 bridgehead atoms. The molecule has 0 aromatic heterocycles. The van der Waals surface area contributed by atoms with Gasteiger partial charge in [0.25, 0.3) is 0 Å². The molecule has 3 fully saturated rings. The molecule has 1 aliphatic heterocycles. The molecule has 5 atom stereocenters. The predicted molar refractivity (Wildman–Crippen MR) is 84.3 cm³/mol. The molecule has 0 radical (unpaired) electrons. The molecular formula is C18H30O4. The molecule has 126 valence electrons. The maximum Gasteiger partial charge on any atom is 0.171 e. The fourth-order valence-corrected chi connectivity index (χ4v) is 4.46. The van der Waals surface area contributed by atoms with Crippen molar-refractivity contribution in [2.75, 3.05) is 13.2 Å². The molecule has 1 heterocycles. The summed E-state index contributed by atoms with van der Waals surface area (Å²) in [6, 6.07) is 0. The predicted octanol–water partition coefficient (Wildman–Crippen LogP) is 2.63. The first kappa shape index (κ1) is 16.4. The van der Waals surface area contributed by atoms with Gasteiger partial charge in [0.05, 0.1) is 25.4 Å². The fourth-order valence-electron chi connectivity index (χ4n) is 4.46. The van der Waals surface area contributed by atoms with E-state index in [1.165, 1.54) is 19.3 Å². The average Bonchev–Trinajstić information content (AvgIpc) is 3.08. The second kappa shape index (κ2) is 7.00. The Balaban J connectivity index is 1.47. The molecule has 3 unspecified atom stereocenters. The summed E-state index contributed by atoms with van der Waals surface area (Å²) in [6.07, 6.45) is 10.4. The van der Waals surface area contributed by atoms with E-state index >= 15 is 0 Å². The molecule has 1 saturated heterocycles. The summed E-state index contributed by atoms with van der Waals surface area (Å²) < 4.78 is 11.6. The zero-order valence-corrected chi connectivity index (χ0v) is 13.6. The Morgan fingerprint density at radius 2 is 2.00 bits per heavy atom. The van der Waals surface area contributed by atoms with Gasteiger partial charge in [-0.1, -0.05) is 44.8 Å². The van der Waals surface area contributed by atoms with Crippen LogP contribution in [0.2, 0.25) is 0 Å². The zero-order valence-electron chi connectivity index (χ0n) is 13.6. The number of aliphatic hydroxyl groups excluding tert-OH is 2. The Morgan fingerprint density at radius 1 is 1.23 bits per heavy atom. The van der Waals surface area contributed by atoms with E-state index in [0.717, 1.165) is 25.7 Å². The molecule has 22 heavy (non-hydrogen) atoms. The van der Waals surface area contributed by atoms with Gasteiger partial charge in [-0.05, 0) is 18.8 Å². The smallest absolute Gasteiger partial charge is 0.171 e. The van der Waals surface area contributed by atoms with Crippen LogP contribution in [0, 0.1) is 17.8 Å². The monoisotopic (exact) mass is 310 g/mol. The number of fused-ring (bicyclic) bond motifs is 2. The topological polar surface area (TPSA) is 58.9 Å². The van der Waals surface area contributed by atoms with Crippen LogP contribution >= 0.6 is 0 Å². The van der Waals surface area contributed by atoms with Crippen molar-refractivity contribution in [3.8, 4) is 0 Å². The molecule has 0 aromatic rings. The Kier molecular flexibility index (Phi) is 5.23. The third-order valence-electron chi connectivity index (χ3n) is 5.72. The molecule has 1 spiro atoms. The summed E-state index contributed by atoms with van der Waals surface area (Å²) >= 11 is 0. The first-order valence-electron chi connectivity index (χ1n) is 8.98. The third-order valence-corrected chi connectivity index (χ3v) is 5.72. The Morgan fingerprint density at radius 3 is 2.73 bits per heavy atom. The molecule has 4 heteroatoms. The van der Waals surface area contributed by atoms with Crippen LogP contribution in [0.3, 0.4) is 0 Å². The number of rotatable bonds is 7. The van der Waals surface area contributed by atoms with E-state index in [9.17, 15) is 10.2 Å². The summed E-state index contributed by atoms with van der Waals surface area (Å²) in [5.41, 5.74) is 0. The van der Waals surface area contributed by atoms with Crippen molar-refractivity contribution in [2.45, 2.75) is 69.9 Å². The molecule has 2 saturated carbocycles. The van der Waals surface area contributed by atoms with Crippen LogP contribution in [-0.2, 0) is 9.47 Å². The lowest BCUT2D eigenvalue weighted by Crippen LogP contribution is -2.53. The molecule has 0 aromatic carbocycles. The molecule has 4 nitrogen and oxygen atoms in total. The van der Waals surface area contributed by atoms with E-state index in [4.69, 9.17) is 9.47 Å². The van der Waals surface area contributed by atoms with Gasteiger partial charge in [-0.15, -0.1) is 0 Å². The second-order valence-corrected chi connectivity index (χ2v) is 7.17. The van der Waals surface area contributed by atoms with E-state index in [2.05, 4.69) is 6.92 Å². The van der Waals surface area contributed by atoms with Crippen LogP contribution in [0.25, 0.3) is 0 Å². The standard InChI is InChI=1S/C18H30O4/c1-2-3-4-5-6-13(19)7-8-14-15-12-18(21-9-10-22-18)16(15)11-17(14)20/h7-8,13-17,19-20H,2-6,9-12H2,1H3/t13?,14?,15-,16-,17?/m0/s1. The van der Waals surface area contributed by atoms with Crippen molar-refractivity contribution in [3.05, 3.63) is 12.2 Å². The van der Waals surface area contributed by atoms with E-state index < -0.39 is 5.79 Å². The summed E-state index contributed by atoms with van der Waals surface area (Å²) in [4.78, 5) is 0. The van der Waals surface area contributed by atoms with E-state index in [-0.39, 0.29) is 18.1 Å². The Hall–Kier alpha value is -0.420. The van der Waals surface area contributed by atoms with Gasteiger partial charge < -0.3 is 19.7 Å². The first-order valence-corrected chi connectivity index (χ1v) is 8.98. The number of aliphatic hydroxyl groups is 2. The van der Waals surface area contributed by atoms with Crippen LogP contribution in [-0.4, -0.2) is 41.4 Å². The maximum absolute atomic E-state index is 10.3. The highest BCUT2D eigenvalue weighted by Crippen LogP contribution is 2.60. The van der Waals surface area contributed by atoms with Gasteiger partial charge in [0.2, 0.25) is 0 Å². The van der Waals surface area contributed by atoms with Gasteiger partial charge in [0.15, 0.2) is 5.79 Å². The summed E-state index contributed by atoms with van der Waals surface area (Å²) in [7, 11) is 0. The lowest BCUT2D eigenvalue weighted by molar-refractivity contribution is -0.270. The molecule has 0 amide bonds. The second-order valence-electron chi connectivity index (χ2n) is 7.17. The number of hydrogen-bond acceptors (Lipinski definition) is 4. The molecule has 3 rings (SSSR count). The van der Waals surface area contributed by atoms with E-state index in [0.29, 0.717) is 25.0 Å². The van der Waals surface area contributed by atoms with Crippen LogP contribution in [0.5, 0.6) is 0 Å². The van der Waals surface area contributed by atoms with Gasteiger partial charge in [-0.3, -0.25) is 0 Å². The number of unbranched alkanes of at least 4 members (excludes halogenated alkanes) is 3. The molecule has 2 aliphatic carbocycles. The highest BCUT2D eigenvalue weighted by atomic mass is 16.7. The van der Waals surface area contributed by atoms with Crippen molar-refractivity contribution in [1.82, 2.24) is 0 Å². The van der Waals surface area contributed by atoms with Gasteiger partial charge in [-0.2, -0.15) is 0 Å². The minimum absolute atomic E-state index is 0.147. The Labute approximate surface area is 133 Å². The van der Waals surface area contributed by atoms with Gasteiger partial charge in [0.1, 0.15) is 0 Å². The minimum atomic E-state index is -0.396. The van der Waals surface area contributed by atoms with Gasteiger partial charge in [0, 0.05) is 18.3 Å². The van der Waals surface area contributed by atoms with Gasteiger partial charge in [-0.25, -0.2) is 0 Å². The highest BCUT2D eigenvalue weighted by molar-refractivity contribution is 5.14. The maximum atomic E-state index is 10.3. The first-order chi connectivity index (χ1) is 10.7. The SMILES string of the molecule is CCCCCCC(O)C=CC1C(O)C[C@H]2[C@H]1CC21OCCO1. The largest absolute Gasteiger partial charge is 0.392 e.